The molecule has 0 bridgehead atoms. The molecular formula is C11H14N2O2. The fourth-order valence-electron chi connectivity index (χ4n) is 1.18. The van der Waals surface area contributed by atoms with Crippen LogP contribution in [0.15, 0.2) is 24.3 Å². The number of carbonyl (C=O) groups excluding carboxylic acids is 2. The molecule has 0 heterocycles. The Kier molecular flexibility index (Phi) is 4.34. The van der Waals surface area contributed by atoms with Gasteiger partial charge in [0.1, 0.15) is 6.29 Å². The van der Waals surface area contributed by atoms with Gasteiger partial charge in [0.05, 0.1) is 6.54 Å². The molecule has 0 aromatic heterocycles. The Balaban J connectivity index is 2.40. The summed E-state index contributed by atoms with van der Waals surface area (Å²) in [5, 5.41) is 5.07. The first-order chi connectivity index (χ1) is 7.24. The van der Waals surface area contributed by atoms with Gasteiger partial charge in [0.15, 0.2) is 0 Å². The zero-order valence-corrected chi connectivity index (χ0v) is 8.62. The summed E-state index contributed by atoms with van der Waals surface area (Å²) in [6.45, 7) is 2.50. The molecule has 0 saturated carbocycles. The Labute approximate surface area is 88.7 Å². The summed E-state index contributed by atoms with van der Waals surface area (Å²) in [5.41, 5.74) is 2.20. The average molecular weight is 206 g/mol. The van der Waals surface area contributed by atoms with Gasteiger partial charge < -0.3 is 15.4 Å². The summed E-state index contributed by atoms with van der Waals surface area (Å²) in [6, 6.07) is 7.49. The molecule has 0 saturated heterocycles. The molecular weight excluding hydrogens is 192 g/mol. The van der Waals surface area contributed by atoms with Crippen molar-refractivity contribution < 1.29 is 9.59 Å². The number of urea groups is 1. The summed E-state index contributed by atoms with van der Waals surface area (Å²) in [6.07, 6.45) is 0.646. The zero-order valence-electron chi connectivity index (χ0n) is 8.62. The quantitative estimate of drug-likeness (QED) is 0.722. The molecule has 0 aliphatic heterocycles. The lowest BCUT2D eigenvalue weighted by Crippen LogP contribution is -2.36. The SMILES string of the molecule is Cc1ccccc1CNC(=O)NCC=O. The van der Waals surface area contributed by atoms with Crippen molar-refractivity contribution in [2.24, 2.45) is 0 Å². The van der Waals surface area contributed by atoms with Crippen molar-refractivity contribution in [3.05, 3.63) is 35.4 Å². The molecule has 0 fully saturated rings. The number of hydrogen-bond donors (Lipinski definition) is 2. The molecule has 4 nitrogen and oxygen atoms in total. The number of aryl methyl sites for hydroxylation is 1. The number of aldehydes is 1. The Morgan fingerprint density at radius 3 is 2.73 bits per heavy atom. The van der Waals surface area contributed by atoms with Crippen molar-refractivity contribution in [1.29, 1.82) is 0 Å². The van der Waals surface area contributed by atoms with Crippen LogP contribution in [0.3, 0.4) is 0 Å². The van der Waals surface area contributed by atoms with Crippen LogP contribution >= 0.6 is 0 Å². The van der Waals surface area contributed by atoms with Gasteiger partial charge >= 0.3 is 6.03 Å². The van der Waals surface area contributed by atoms with Crippen molar-refractivity contribution in [3.8, 4) is 0 Å². The largest absolute Gasteiger partial charge is 0.334 e. The van der Waals surface area contributed by atoms with Gasteiger partial charge in [-0.05, 0) is 18.1 Å². The van der Waals surface area contributed by atoms with Crippen LogP contribution in [0.5, 0.6) is 0 Å². The smallest absolute Gasteiger partial charge is 0.315 e. The first-order valence-electron chi connectivity index (χ1n) is 4.74. The summed E-state index contributed by atoms with van der Waals surface area (Å²) in [5.74, 6) is 0. The second-order valence-corrected chi connectivity index (χ2v) is 3.16. The predicted octanol–water partition coefficient (Wildman–Crippen LogP) is 0.993. The van der Waals surface area contributed by atoms with Crippen molar-refractivity contribution in [1.82, 2.24) is 10.6 Å². The minimum absolute atomic E-state index is 0.0413. The molecule has 1 rings (SSSR count). The van der Waals surface area contributed by atoms with Crippen LogP contribution in [-0.4, -0.2) is 18.9 Å². The Morgan fingerprint density at radius 2 is 2.07 bits per heavy atom. The van der Waals surface area contributed by atoms with Gasteiger partial charge in [0.2, 0.25) is 0 Å². The maximum absolute atomic E-state index is 11.1. The lowest BCUT2D eigenvalue weighted by atomic mass is 10.1. The lowest BCUT2D eigenvalue weighted by Gasteiger charge is -2.07. The molecule has 80 valence electrons. The maximum atomic E-state index is 11.1. The lowest BCUT2D eigenvalue weighted by molar-refractivity contribution is -0.107. The van der Waals surface area contributed by atoms with E-state index in [2.05, 4.69) is 10.6 Å². The molecule has 0 aliphatic carbocycles. The molecule has 2 N–H and O–H groups in total. The summed E-state index contributed by atoms with van der Waals surface area (Å²) < 4.78 is 0. The first-order valence-corrected chi connectivity index (χ1v) is 4.74. The van der Waals surface area contributed by atoms with E-state index in [0.29, 0.717) is 12.8 Å². The number of hydrogen-bond acceptors (Lipinski definition) is 2. The molecule has 4 heteroatoms. The normalized spacial score (nSPS) is 9.40. The van der Waals surface area contributed by atoms with Crippen LogP contribution in [0.1, 0.15) is 11.1 Å². The van der Waals surface area contributed by atoms with Crippen molar-refractivity contribution in [3.63, 3.8) is 0 Å². The van der Waals surface area contributed by atoms with E-state index < -0.39 is 0 Å². The zero-order chi connectivity index (χ0) is 11.1. The Hall–Kier alpha value is -1.84. The minimum atomic E-state index is -0.328. The average Bonchev–Trinajstić information content (AvgIpc) is 2.25. The molecule has 0 atom stereocenters. The van der Waals surface area contributed by atoms with Gasteiger partial charge in [0.25, 0.3) is 0 Å². The molecule has 0 aliphatic rings. The number of carbonyl (C=O) groups is 2. The fourth-order valence-corrected chi connectivity index (χ4v) is 1.18. The molecule has 0 unspecified atom stereocenters. The van der Waals surface area contributed by atoms with Gasteiger partial charge in [-0.2, -0.15) is 0 Å². The topological polar surface area (TPSA) is 58.2 Å². The molecule has 2 amide bonds. The molecule has 1 aromatic carbocycles. The highest BCUT2D eigenvalue weighted by Crippen LogP contribution is 2.05. The Morgan fingerprint density at radius 1 is 1.33 bits per heavy atom. The molecule has 1 aromatic rings. The minimum Gasteiger partial charge on any atom is -0.334 e. The first kappa shape index (κ1) is 11.2. The molecule has 0 spiro atoms. The van der Waals surface area contributed by atoms with E-state index in [1.807, 2.05) is 31.2 Å². The summed E-state index contributed by atoms with van der Waals surface area (Å²) in [4.78, 5) is 21.1. The second-order valence-electron chi connectivity index (χ2n) is 3.16. The van der Waals surface area contributed by atoms with Gasteiger partial charge in [-0.3, -0.25) is 0 Å². The van der Waals surface area contributed by atoms with Crippen LogP contribution in [0.4, 0.5) is 4.79 Å². The highest BCUT2D eigenvalue weighted by Gasteiger charge is 2.00. The van der Waals surface area contributed by atoms with Crippen LogP contribution in [0, 0.1) is 6.92 Å². The van der Waals surface area contributed by atoms with Gasteiger partial charge in [-0.15, -0.1) is 0 Å². The summed E-state index contributed by atoms with van der Waals surface area (Å²) in [7, 11) is 0. The van der Waals surface area contributed by atoms with Gasteiger partial charge in [-0.1, -0.05) is 24.3 Å². The van der Waals surface area contributed by atoms with Crippen LogP contribution < -0.4 is 10.6 Å². The molecule has 0 radical (unpaired) electrons. The van der Waals surface area contributed by atoms with E-state index in [0.717, 1.165) is 11.1 Å². The van der Waals surface area contributed by atoms with Crippen LogP contribution in [0.25, 0.3) is 0 Å². The highest BCUT2D eigenvalue weighted by molar-refractivity contribution is 5.76. The van der Waals surface area contributed by atoms with E-state index >= 15 is 0 Å². The van der Waals surface area contributed by atoms with E-state index in [1.54, 1.807) is 0 Å². The van der Waals surface area contributed by atoms with Crippen molar-refractivity contribution >= 4 is 12.3 Å². The van der Waals surface area contributed by atoms with E-state index in [-0.39, 0.29) is 12.6 Å². The fraction of sp³-hybridized carbons (Fsp3) is 0.273. The predicted molar refractivity (Wildman–Crippen MR) is 57.5 cm³/mol. The van der Waals surface area contributed by atoms with E-state index in [9.17, 15) is 9.59 Å². The second kappa shape index (κ2) is 5.80. The highest BCUT2D eigenvalue weighted by atomic mass is 16.2. The maximum Gasteiger partial charge on any atom is 0.315 e. The number of nitrogens with one attached hydrogen (secondary N) is 2. The van der Waals surface area contributed by atoms with Crippen LogP contribution in [0.2, 0.25) is 0 Å². The third-order valence-electron chi connectivity index (χ3n) is 2.05. The number of benzene rings is 1. The van der Waals surface area contributed by atoms with Crippen LogP contribution in [-0.2, 0) is 11.3 Å². The number of amides is 2. The van der Waals surface area contributed by atoms with E-state index in [1.165, 1.54) is 0 Å². The summed E-state index contributed by atoms with van der Waals surface area (Å²) >= 11 is 0. The van der Waals surface area contributed by atoms with Gasteiger partial charge in [-0.25, -0.2) is 4.79 Å². The van der Waals surface area contributed by atoms with Gasteiger partial charge in [0, 0.05) is 6.54 Å². The Bertz CT molecular complexity index is 350. The third-order valence-corrected chi connectivity index (χ3v) is 2.05. The third kappa shape index (κ3) is 3.81. The van der Waals surface area contributed by atoms with Crippen molar-refractivity contribution in [2.45, 2.75) is 13.5 Å². The monoisotopic (exact) mass is 206 g/mol. The standard InChI is InChI=1S/C11H14N2O2/c1-9-4-2-3-5-10(9)8-13-11(15)12-6-7-14/h2-5,7H,6,8H2,1H3,(H2,12,13,15). The van der Waals surface area contributed by atoms with Crippen molar-refractivity contribution in [2.75, 3.05) is 6.54 Å². The van der Waals surface area contributed by atoms with E-state index in [4.69, 9.17) is 0 Å². The molecule has 15 heavy (non-hydrogen) atoms. The number of rotatable bonds is 4.